The fourth-order valence-corrected chi connectivity index (χ4v) is 4.49. The molecule has 1 heterocycles. The van der Waals surface area contributed by atoms with Crippen LogP contribution < -0.4 is 4.74 Å². The molecule has 1 amide bonds. The minimum Gasteiger partial charge on any atom is -0.493 e. The maximum atomic E-state index is 12.3. The highest BCUT2D eigenvalue weighted by Crippen LogP contribution is 2.12. The number of carbonyl (C=O) groups is 1. The van der Waals surface area contributed by atoms with Gasteiger partial charge in [0.25, 0.3) is 0 Å². The lowest BCUT2D eigenvalue weighted by molar-refractivity contribution is -0.131. The van der Waals surface area contributed by atoms with Crippen LogP contribution in [0.1, 0.15) is 32.6 Å². The number of unbranched alkanes of at least 4 members (excludes halogenated alkanes) is 1. The van der Waals surface area contributed by atoms with Crippen molar-refractivity contribution in [2.75, 3.05) is 38.5 Å². The second kappa shape index (κ2) is 9.77. The van der Waals surface area contributed by atoms with Gasteiger partial charge in [0.15, 0.2) is 0 Å². The van der Waals surface area contributed by atoms with Crippen LogP contribution in [0.5, 0.6) is 5.75 Å². The third kappa shape index (κ3) is 6.32. The summed E-state index contributed by atoms with van der Waals surface area (Å²) in [5, 5.41) is 0. The van der Waals surface area contributed by atoms with Crippen molar-refractivity contribution in [2.45, 2.75) is 32.6 Å². The van der Waals surface area contributed by atoms with Crippen molar-refractivity contribution >= 4 is 15.9 Å². The van der Waals surface area contributed by atoms with Gasteiger partial charge in [-0.15, -0.1) is 0 Å². The smallest absolute Gasteiger partial charge is 0.226 e. The van der Waals surface area contributed by atoms with Crippen molar-refractivity contribution in [1.82, 2.24) is 9.21 Å². The minimum absolute atomic E-state index is 0.0173. The molecule has 1 aromatic carbocycles. The first-order valence-corrected chi connectivity index (χ1v) is 10.6. The molecular formula is C18H28N2O4S. The van der Waals surface area contributed by atoms with Crippen LogP contribution in [0.4, 0.5) is 0 Å². The molecule has 140 valence electrons. The van der Waals surface area contributed by atoms with Crippen LogP contribution in [0, 0.1) is 0 Å². The molecule has 6 nitrogen and oxygen atoms in total. The van der Waals surface area contributed by atoms with Gasteiger partial charge in [0.2, 0.25) is 15.9 Å². The molecule has 0 N–H and O–H groups in total. The molecule has 7 heteroatoms. The van der Waals surface area contributed by atoms with Crippen LogP contribution in [0.2, 0.25) is 0 Å². The molecule has 0 bridgehead atoms. The number of nitrogens with zero attached hydrogens (tertiary/aromatic N) is 2. The van der Waals surface area contributed by atoms with Crippen molar-refractivity contribution < 1.29 is 17.9 Å². The van der Waals surface area contributed by atoms with E-state index in [-0.39, 0.29) is 11.7 Å². The maximum Gasteiger partial charge on any atom is 0.226 e. The second-order valence-electron chi connectivity index (χ2n) is 6.21. The van der Waals surface area contributed by atoms with Crippen LogP contribution in [0.25, 0.3) is 0 Å². The van der Waals surface area contributed by atoms with Crippen molar-refractivity contribution in [3.05, 3.63) is 30.3 Å². The Hall–Kier alpha value is -1.60. The minimum atomic E-state index is -3.20. The Kier molecular flexibility index (Phi) is 7.71. The molecule has 0 radical (unpaired) electrons. The molecule has 1 aromatic rings. The molecule has 0 aromatic heterocycles. The number of hydrogen-bond donors (Lipinski definition) is 0. The number of hydrogen-bond acceptors (Lipinski definition) is 4. The van der Waals surface area contributed by atoms with Crippen LogP contribution in [-0.2, 0) is 14.8 Å². The lowest BCUT2D eigenvalue weighted by atomic mass is 10.3. The highest BCUT2D eigenvalue weighted by atomic mass is 32.2. The van der Waals surface area contributed by atoms with E-state index in [1.54, 1.807) is 4.90 Å². The number of rotatable bonds is 8. The summed E-state index contributed by atoms with van der Waals surface area (Å²) in [6, 6.07) is 9.40. The average Bonchev–Trinajstić information content (AvgIpc) is 2.88. The van der Waals surface area contributed by atoms with Gasteiger partial charge in [-0.2, -0.15) is 0 Å². The zero-order chi connectivity index (χ0) is 18.1. The summed E-state index contributed by atoms with van der Waals surface area (Å²) in [4.78, 5) is 14.1. The highest BCUT2D eigenvalue weighted by Gasteiger charge is 2.26. The van der Waals surface area contributed by atoms with Crippen LogP contribution >= 0.6 is 0 Å². The summed E-state index contributed by atoms with van der Waals surface area (Å²) in [6.45, 7) is 4.25. The summed E-state index contributed by atoms with van der Waals surface area (Å²) in [6.07, 6.45) is 2.52. The van der Waals surface area contributed by atoms with E-state index in [9.17, 15) is 13.2 Å². The molecule has 1 fully saturated rings. The van der Waals surface area contributed by atoms with E-state index in [1.807, 2.05) is 37.3 Å². The molecule has 1 saturated heterocycles. The maximum absolute atomic E-state index is 12.3. The topological polar surface area (TPSA) is 66.9 Å². The first-order chi connectivity index (χ1) is 12.0. The number of ether oxygens (including phenoxy) is 1. The predicted molar refractivity (Wildman–Crippen MR) is 98.0 cm³/mol. The standard InChI is InChI=1S/C18H28N2O4S/c1-2-3-16-25(22,23)20-12-7-11-19(13-14-20)18(21)10-15-24-17-8-5-4-6-9-17/h4-6,8-9H,2-3,7,10-16H2,1H3. The molecular weight excluding hydrogens is 340 g/mol. The Labute approximate surface area is 150 Å². The van der Waals surface area contributed by atoms with Crippen molar-refractivity contribution in [3.63, 3.8) is 0 Å². The van der Waals surface area contributed by atoms with Gasteiger partial charge in [-0.05, 0) is 25.0 Å². The molecule has 0 unspecified atom stereocenters. The largest absolute Gasteiger partial charge is 0.493 e. The van der Waals surface area contributed by atoms with Crippen molar-refractivity contribution in [3.8, 4) is 5.75 Å². The molecule has 0 aliphatic carbocycles. The van der Waals surface area contributed by atoms with E-state index in [1.165, 1.54) is 4.31 Å². The monoisotopic (exact) mass is 368 g/mol. The number of sulfonamides is 1. The Balaban J connectivity index is 1.78. The van der Waals surface area contributed by atoms with Crippen LogP contribution in [0.15, 0.2) is 30.3 Å². The molecule has 1 aliphatic heterocycles. The highest BCUT2D eigenvalue weighted by molar-refractivity contribution is 7.89. The number of benzene rings is 1. The zero-order valence-corrected chi connectivity index (χ0v) is 15.7. The molecule has 2 rings (SSSR count). The normalized spacial score (nSPS) is 16.4. The molecule has 0 spiro atoms. The fourth-order valence-electron chi connectivity index (χ4n) is 2.81. The quantitative estimate of drug-likeness (QED) is 0.705. The van der Waals surface area contributed by atoms with Crippen LogP contribution in [0.3, 0.4) is 0 Å². The van der Waals surface area contributed by atoms with E-state index in [0.717, 1.165) is 12.2 Å². The summed E-state index contributed by atoms with van der Waals surface area (Å²) in [5.41, 5.74) is 0. The average molecular weight is 368 g/mol. The van der Waals surface area contributed by atoms with Crippen molar-refractivity contribution in [1.29, 1.82) is 0 Å². The Morgan fingerprint density at radius 3 is 2.60 bits per heavy atom. The Morgan fingerprint density at radius 1 is 1.12 bits per heavy atom. The summed E-state index contributed by atoms with van der Waals surface area (Å²) >= 11 is 0. The number of para-hydroxylation sites is 1. The third-order valence-corrected chi connectivity index (χ3v) is 6.24. The van der Waals surface area contributed by atoms with E-state index < -0.39 is 10.0 Å². The van der Waals surface area contributed by atoms with Gasteiger partial charge in [-0.3, -0.25) is 4.79 Å². The SMILES string of the molecule is CCCCS(=O)(=O)N1CCCN(C(=O)CCOc2ccccc2)CC1. The Bertz CT molecular complexity index is 634. The molecule has 0 atom stereocenters. The summed E-state index contributed by atoms with van der Waals surface area (Å²) < 4.78 is 31.7. The van der Waals surface area contributed by atoms with E-state index in [0.29, 0.717) is 52.0 Å². The van der Waals surface area contributed by atoms with Gasteiger partial charge >= 0.3 is 0 Å². The van der Waals surface area contributed by atoms with Gasteiger partial charge in [0.1, 0.15) is 5.75 Å². The zero-order valence-electron chi connectivity index (χ0n) is 14.9. The van der Waals surface area contributed by atoms with Crippen LogP contribution in [-0.4, -0.2) is 62.1 Å². The second-order valence-corrected chi connectivity index (χ2v) is 8.30. The lowest BCUT2D eigenvalue weighted by Gasteiger charge is -2.22. The Morgan fingerprint density at radius 2 is 1.88 bits per heavy atom. The van der Waals surface area contributed by atoms with Gasteiger partial charge in [-0.1, -0.05) is 31.5 Å². The van der Waals surface area contributed by atoms with Crippen molar-refractivity contribution in [2.24, 2.45) is 0 Å². The first-order valence-electron chi connectivity index (χ1n) is 8.96. The summed E-state index contributed by atoms with van der Waals surface area (Å²) in [5.74, 6) is 0.964. The number of amides is 1. The van der Waals surface area contributed by atoms with Gasteiger partial charge < -0.3 is 9.64 Å². The van der Waals surface area contributed by atoms with Gasteiger partial charge in [0.05, 0.1) is 18.8 Å². The van der Waals surface area contributed by atoms with E-state index in [2.05, 4.69) is 0 Å². The molecule has 25 heavy (non-hydrogen) atoms. The molecule has 1 aliphatic rings. The summed E-state index contributed by atoms with van der Waals surface area (Å²) in [7, 11) is -3.20. The lowest BCUT2D eigenvalue weighted by Crippen LogP contribution is -2.38. The third-order valence-electron chi connectivity index (χ3n) is 4.28. The van der Waals surface area contributed by atoms with E-state index in [4.69, 9.17) is 4.74 Å². The first kappa shape index (κ1) is 19.7. The predicted octanol–water partition coefficient (Wildman–Crippen LogP) is 2.12. The van der Waals surface area contributed by atoms with Gasteiger partial charge in [0, 0.05) is 26.2 Å². The number of carbonyl (C=O) groups excluding carboxylic acids is 1. The molecule has 0 saturated carbocycles. The van der Waals surface area contributed by atoms with Gasteiger partial charge in [-0.25, -0.2) is 12.7 Å². The fraction of sp³-hybridized carbons (Fsp3) is 0.611. The van der Waals surface area contributed by atoms with E-state index >= 15 is 0 Å².